The second-order valence-electron chi connectivity index (χ2n) is 7.43. The molecule has 1 amide bonds. The summed E-state index contributed by atoms with van der Waals surface area (Å²) >= 11 is 1.34. The summed E-state index contributed by atoms with van der Waals surface area (Å²) < 4.78 is 0. The van der Waals surface area contributed by atoms with Gasteiger partial charge in [-0.3, -0.25) is 4.79 Å². The highest BCUT2D eigenvalue weighted by Gasteiger charge is 2.50. The van der Waals surface area contributed by atoms with Gasteiger partial charge in [0.1, 0.15) is 0 Å². The number of amides is 1. The summed E-state index contributed by atoms with van der Waals surface area (Å²) in [6, 6.07) is 0. The number of carbonyl (C=O) groups excluding carboxylic acids is 1. The first-order valence-corrected chi connectivity index (χ1v) is 9.43. The molecule has 23 heavy (non-hydrogen) atoms. The van der Waals surface area contributed by atoms with Crippen molar-refractivity contribution < 1.29 is 14.7 Å². The van der Waals surface area contributed by atoms with E-state index in [4.69, 9.17) is 5.11 Å². The van der Waals surface area contributed by atoms with Crippen LogP contribution in [-0.2, 0) is 11.2 Å². The van der Waals surface area contributed by atoms with E-state index in [0.29, 0.717) is 24.8 Å². The van der Waals surface area contributed by atoms with Gasteiger partial charge in [0.2, 0.25) is 5.91 Å². The smallest absolute Gasteiger partial charge is 0.355 e. The van der Waals surface area contributed by atoms with Crippen LogP contribution in [0, 0.1) is 29.6 Å². The summed E-state index contributed by atoms with van der Waals surface area (Å²) in [6.45, 7) is 0.550. The molecule has 6 heteroatoms. The third kappa shape index (κ3) is 2.89. The molecule has 1 aromatic heterocycles. The van der Waals surface area contributed by atoms with E-state index in [0.717, 1.165) is 16.8 Å². The van der Waals surface area contributed by atoms with Crippen LogP contribution in [0.15, 0.2) is 5.38 Å². The van der Waals surface area contributed by atoms with Crippen molar-refractivity contribution in [2.75, 3.05) is 6.54 Å². The van der Waals surface area contributed by atoms with E-state index in [-0.39, 0.29) is 17.5 Å². The lowest BCUT2D eigenvalue weighted by Gasteiger charge is -2.53. The van der Waals surface area contributed by atoms with Crippen LogP contribution in [0.1, 0.15) is 47.6 Å². The van der Waals surface area contributed by atoms with Gasteiger partial charge in [-0.1, -0.05) is 0 Å². The van der Waals surface area contributed by atoms with E-state index in [2.05, 4.69) is 10.3 Å². The molecule has 4 saturated carbocycles. The first kappa shape index (κ1) is 15.1. The molecule has 5 nitrogen and oxygen atoms in total. The maximum absolute atomic E-state index is 12.6. The monoisotopic (exact) mass is 334 g/mol. The van der Waals surface area contributed by atoms with Crippen molar-refractivity contribution >= 4 is 23.2 Å². The Morgan fingerprint density at radius 3 is 2.39 bits per heavy atom. The van der Waals surface area contributed by atoms with E-state index < -0.39 is 5.97 Å². The molecule has 4 aliphatic rings. The molecule has 0 spiro atoms. The zero-order chi connectivity index (χ0) is 16.0. The molecule has 0 aromatic carbocycles. The quantitative estimate of drug-likeness (QED) is 0.867. The number of nitrogens with zero attached hydrogens (tertiary/aromatic N) is 1. The van der Waals surface area contributed by atoms with Crippen molar-refractivity contribution in [1.82, 2.24) is 10.3 Å². The fourth-order valence-electron chi connectivity index (χ4n) is 5.29. The van der Waals surface area contributed by atoms with Gasteiger partial charge in [0.25, 0.3) is 0 Å². The summed E-state index contributed by atoms with van der Waals surface area (Å²) in [5.74, 6) is 2.40. The second kappa shape index (κ2) is 5.89. The first-order valence-electron chi connectivity index (χ1n) is 8.55. The number of carboxylic acids is 1. The molecule has 0 unspecified atom stereocenters. The first-order chi connectivity index (χ1) is 11.1. The minimum absolute atomic E-state index is 0.0948. The Kier molecular flexibility index (Phi) is 3.87. The molecule has 4 fully saturated rings. The van der Waals surface area contributed by atoms with E-state index in [1.165, 1.54) is 43.4 Å². The molecule has 0 atom stereocenters. The van der Waals surface area contributed by atoms with Crippen LogP contribution >= 0.6 is 11.3 Å². The molecule has 4 bridgehead atoms. The Labute approximate surface area is 139 Å². The van der Waals surface area contributed by atoms with Gasteiger partial charge in [-0.05, 0) is 55.8 Å². The van der Waals surface area contributed by atoms with Crippen molar-refractivity contribution in [3.63, 3.8) is 0 Å². The lowest BCUT2D eigenvalue weighted by Crippen LogP contribution is -2.51. The van der Waals surface area contributed by atoms with Gasteiger partial charge >= 0.3 is 5.97 Å². The molecule has 0 aliphatic heterocycles. The van der Waals surface area contributed by atoms with Crippen molar-refractivity contribution in [1.29, 1.82) is 0 Å². The van der Waals surface area contributed by atoms with E-state index in [1.807, 2.05) is 0 Å². The van der Waals surface area contributed by atoms with Crippen LogP contribution < -0.4 is 5.32 Å². The molecule has 0 radical (unpaired) electrons. The highest BCUT2D eigenvalue weighted by atomic mass is 32.1. The van der Waals surface area contributed by atoms with Gasteiger partial charge < -0.3 is 10.4 Å². The lowest BCUT2D eigenvalue weighted by molar-refractivity contribution is -0.138. The number of nitrogens with one attached hydrogen (secondary N) is 1. The SMILES string of the molecule is O=C(O)c1csc(CCNC(=O)C2C3CC4CC(C3)CC2C4)n1. The van der Waals surface area contributed by atoms with Crippen molar-refractivity contribution in [3.05, 3.63) is 16.1 Å². The number of rotatable bonds is 5. The lowest BCUT2D eigenvalue weighted by atomic mass is 9.51. The summed E-state index contributed by atoms with van der Waals surface area (Å²) in [5.41, 5.74) is 0.0948. The number of hydrogen-bond donors (Lipinski definition) is 2. The highest BCUT2D eigenvalue weighted by Crippen LogP contribution is 2.56. The molecule has 2 N–H and O–H groups in total. The van der Waals surface area contributed by atoms with Gasteiger partial charge in [0, 0.05) is 24.3 Å². The molecule has 4 aliphatic carbocycles. The molecule has 5 rings (SSSR count). The summed E-state index contributed by atoms with van der Waals surface area (Å²) in [5, 5.41) is 14.3. The molecular formula is C17H22N2O3S. The fraction of sp³-hybridized carbons (Fsp3) is 0.706. The average Bonchev–Trinajstić information content (AvgIpc) is 2.95. The normalized spacial score (nSPS) is 34.5. The third-order valence-corrected chi connectivity index (χ3v) is 6.85. The van der Waals surface area contributed by atoms with Crippen LogP contribution in [-0.4, -0.2) is 28.5 Å². The third-order valence-electron chi connectivity index (χ3n) is 5.94. The summed E-state index contributed by atoms with van der Waals surface area (Å²) in [7, 11) is 0. The number of carboxylic acid groups (broad SMARTS) is 1. The number of aromatic nitrogens is 1. The van der Waals surface area contributed by atoms with Gasteiger partial charge in [-0.25, -0.2) is 9.78 Å². The molecular weight excluding hydrogens is 312 g/mol. The van der Waals surface area contributed by atoms with Crippen LogP contribution in [0.2, 0.25) is 0 Å². The Balaban J connectivity index is 1.31. The number of carbonyl (C=O) groups is 2. The molecule has 0 saturated heterocycles. The predicted octanol–water partition coefficient (Wildman–Crippen LogP) is 2.57. The largest absolute Gasteiger partial charge is 0.476 e. The van der Waals surface area contributed by atoms with Crippen molar-refractivity contribution in [2.45, 2.75) is 38.5 Å². The number of thiazole rings is 1. The zero-order valence-corrected chi connectivity index (χ0v) is 13.8. The second-order valence-corrected chi connectivity index (χ2v) is 8.37. The Morgan fingerprint density at radius 2 is 1.83 bits per heavy atom. The molecule has 1 aromatic rings. The highest BCUT2D eigenvalue weighted by molar-refractivity contribution is 7.09. The van der Waals surface area contributed by atoms with E-state index in [1.54, 1.807) is 5.38 Å². The molecule has 1 heterocycles. The zero-order valence-electron chi connectivity index (χ0n) is 13.0. The maximum atomic E-state index is 12.6. The standard InChI is InChI=1S/C17H22N2O3S/c20-16(18-2-1-14-19-13(8-23-14)17(21)22)15-11-4-9-3-10(6-11)7-12(15)5-9/h8-12,15H,1-7H2,(H,18,20)(H,21,22). The molecule has 124 valence electrons. The number of hydrogen-bond acceptors (Lipinski definition) is 4. The summed E-state index contributed by atoms with van der Waals surface area (Å²) in [4.78, 5) is 27.5. The minimum Gasteiger partial charge on any atom is -0.476 e. The van der Waals surface area contributed by atoms with Gasteiger partial charge in [0.05, 0.1) is 5.01 Å². The van der Waals surface area contributed by atoms with Crippen LogP contribution in [0.3, 0.4) is 0 Å². The van der Waals surface area contributed by atoms with Gasteiger partial charge in [-0.15, -0.1) is 11.3 Å². The van der Waals surface area contributed by atoms with Gasteiger partial charge in [-0.2, -0.15) is 0 Å². The van der Waals surface area contributed by atoms with Crippen molar-refractivity contribution in [3.8, 4) is 0 Å². The van der Waals surface area contributed by atoms with Crippen molar-refractivity contribution in [2.24, 2.45) is 29.6 Å². The van der Waals surface area contributed by atoms with E-state index >= 15 is 0 Å². The number of aromatic carboxylic acids is 1. The predicted molar refractivity (Wildman–Crippen MR) is 86.3 cm³/mol. The Bertz CT molecular complexity index is 599. The summed E-state index contributed by atoms with van der Waals surface area (Å²) in [6.07, 6.45) is 7.01. The Hall–Kier alpha value is -1.43. The topological polar surface area (TPSA) is 79.3 Å². The maximum Gasteiger partial charge on any atom is 0.355 e. The van der Waals surface area contributed by atoms with Crippen LogP contribution in [0.25, 0.3) is 0 Å². The Morgan fingerprint density at radius 1 is 1.17 bits per heavy atom. The van der Waals surface area contributed by atoms with Crippen LogP contribution in [0.4, 0.5) is 0 Å². The van der Waals surface area contributed by atoms with Gasteiger partial charge in [0.15, 0.2) is 5.69 Å². The van der Waals surface area contributed by atoms with Crippen LogP contribution in [0.5, 0.6) is 0 Å². The van der Waals surface area contributed by atoms with E-state index in [9.17, 15) is 9.59 Å². The average molecular weight is 334 g/mol. The fourth-order valence-corrected chi connectivity index (χ4v) is 6.06. The minimum atomic E-state index is -0.995.